The lowest BCUT2D eigenvalue weighted by Crippen LogP contribution is -2.64. The molecule has 1 N–H and O–H groups in total. The van der Waals surface area contributed by atoms with Crippen molar-refractivity contribution in [2.45, 2.75) is 87.8 Å². The number of aliphatic hydroxyl groups excluding tert-OH is 1. The van der Waals surface area contributed by atoms with E-state index < -0.39 is 85.9 Å². The first-order valence-corrected chi connectivity index (χ1v) is 24.8. The van der Waals surface area contributed by atoms with Crippen LogP contribution in [0, 0.1) is 0 Å². The zero-order valence-electron chi connectivity index (χ0n) is 41.0. The van der Waals surface area contributed by atoms with Gasteiger partial charge in [-0.3, -0.25) is 0 Å². The Kier molecular flexibility index (Phi) is 18.7. The van der Waals surface area contributed by atoms with Gasteiger partial charge in [-0.1, -0.05) is 176 Å². The second-order valence-electron chi connectivity index (χ2n) is 17.9. The summed E-state index contributed by atoms with van der Waals surface area (Å²) in [6.07, 6.45) is -13.0. The molecule has 2 fully saturated rings. The highest BCUT2D eigenvalue weighted by Gasteiger charge is 2.54. The first-order chi connectivity index (χ1) is 36.9. The first-order valence-electron chi connectivity index (χ1n) is 24.8. The molecule has 7 aromatic rings. The zero-order chi connectivity index (χ0) is 51.6. The summed E-state index contributed by atoms with van der Waals surface area (Å²) in [6, 6.07) is 63.2. The Morgan fingerprint density at radius 1 is 0.347 bits per heavy atom. The van der Waals surface area contributed by atoms with Gasteiger partial charge in [0.2, 0.25) is 0 Å². The highest BCUT2D eigenvalue weighted by atomic mass is 16.7. The molecular formula is C61H58O14. The van der Waals surface area contributed by atoms with E-state index in [2.05, 4.69) is 0 Å². The maximum absolute atomic E-state index is 14.1. The van der Waals surface area contributed by atoms with E-state index in [0.717, 1.165) is 22.3 Å². The predicted molar refractivity (Wildman–Crippen MR) is 274 cm³/mol. The van der Waals surface area contributed by atoms with Gasteiger partial charge in [-0.2, -0.15) is 0 Å². The second-order valence-corrected chi connectivity index (χ2v) is 17.9. The van der Waals surface area contributed by atoms with E-state index >= 15 is 0 Å². The molecule has 9 rings (SSSR count). The Morgan fingerprint density at radius 2 is 0.693 bits per heavy atom. The van der Waals surface area contributed by atoms with Gasteiger partial charge in [-0.25, -0.2) is 14.4 Å². The molecule has 0 aliphatic carbocycles. The summed E-state index contributed by atoms with van der Waals surface area (Å²) in [4.78, 5) is 41.9. The van der Waals surface area contributed by atoms with Crippen LogP contribution in [0.15, 0.2) is 212 Å². The molecule has 75 heavy (non-hydrogen) atoms. The third kappa shape index (κ3) is 14.5. The quantitative estimate of drug-likeness (QED) is 0.0505. The minimum Gasteiger partial charge on any atom is -0.452 e. The molecule has 0 amide bonds. The van der Waals surface area contributed by atoms with E-state index in [1.54, 1.807) is 66.7 Å². The van der Waals surface area contributed by atoms with Crippen LogP contribution in [0.2, 0.25) is 0 Å². The fraction of sp³-hybridized carbons (Fsp3) is 0.262. The van der Waals surface area contributed by atoms with Crippen LogP contribution in [0.5, 0.6) is 0 Å². The molecule has 2 saturated heterocycles. The van der Waals surface area contributed by atoms with Crippen LogP contribution >= 0.6 is 0 Å². The number of hydrogen-bond acceptors (Lipinski definition) is 14. The second kappa shape index (κ2) is 26.7. The molecule has 14 heteroatoms. The highest BCUT2D eigenvalue weighted by molar-refractivity contribution is 5.91. The van der Waals surface area contributed by atoms with Crippen molar-refractivity contribution in [1.29, 1.82) is 0 Å². The van der Waals surface area contributed by atoms with Gasteiger partial charge in [0.1, 0.15) is 30.5 Å². The van der Waals surface area contributed by atoms with Gasteiger partial charge < -0.3 is 52.5 Å². The van der Waals surface area contributed by atoms with Crippen LogP contribution in [0.3, 0.4) is 0 Å². The number of carbonyl (C=O) groups excluding carboxylic acids is 3. The van der Waals surface area contributed by atoms with Crippen molar-refractivity contribution in [1.82, 2.24) is 0 Å². The Balaban J connectivity index is 1.07. The van der Waals surface area contributed by atoms with E-state index in [0.29, 0.717) is 0 Å². The summed E-state index contributed by atoms with van der Waals surface area (Å²) in [5.41, 5.74) is 4.08. The van der Waals surface area contributed by atoms with Crippen LogP contribution < -0.4 is 0 Å². The number of carbonyl (C=O) groups is 3. The van der Waals surface area contributed by atoms with Gasteiger partial charge in [-0.05, 0) is 58.7 Å². The average molecular weight is 1020 g/mol. The average Bonchev–Trinajstić information content (AvgIpc) is 3.46. The maximum Gasteiger partial charge on any atom is 0.338 e. The summed E-state index contributed by atoms with van der Waals surface area (Å²) < 4.78 is 65.2. The smallest absolute Gasteiger partial charge is 0.338 e. The number of benzene rings is 7. The molecule has 2 heterocycles. The van der Waals surface area contributed by atoms with E-state index in [9.17, 15) is 19.5 Å². The molecule has 2 aliphatic rings. The van der Waals surface area contributed by atoms with Gasteiger partial charge in [0.25, 0.3) is 0 Å². The van der Waals surface area contributed by atoms with Crippen molar-refractivity contribution in [2.75, 3.05) is 13.2 Å². The normalized spacial score (nSPS) is 23.4. The van der Waals surface area contributed by atoms with E-state index in [1.165, 1.54) is 24.3 Å². The molecule has 10 atom stereocenters. The van der Waals surface area contributed by atoms with Gasteiger partial charge in [0, 0.05) is 0 Å². The Hall–Kier alpha value is -7.37. The Morgan fingerprint density at radius 3 is 1.13 bits per heavy atom. The predicted octanol–water partition coefficient (Wildman–Crippen LogP) is 9.09. The van der Waals surface area contributed by atoms with Crippen molar-refractivity contribution in [3.05, 3.63) is 251 Å². The van der Waals surface area contributed by atoms with Gasteiger partial charge in [0.05, 0.1) is 56.3 Å². The number of aliphatic hydroxyl groups is 1. The molecule has 0 bridgehead atoms. The van der Waals surface area contributed by atoms with Crippen molar-refractivity contribution >= 4 is 17.9 Å². The Labute approximate surface area is 435 Å². The summed E-state index contributed by atoms with van der Waals surface area (Å²) in [5.74, 6) is -2.52. The third-order valence-corrected chi connectivity index (χ3v) is 12.6. The number of esters is 3. The molecule has 6 unspecified atom stereocenters. The lowest BCUT2D eigenvalue weighted by atomic mass is 9.96. The lowest BCUT2D eigenvalue weighted by molar-refractivity contribution is -0.342. The molecule has 0 spiro atoms. The van der Waals surface area contributed by atoms with Crippen molar-refractivity contribution in [3.63, 3.8) is 0 Å². The summed E-state index contributed by atoms with van der Waals surface area (Å²) in [6.45, 7) is 0.321. The number of hydrogen-bond donors (Lipinski definition) is 1. The molecule has 7 aromatic carbocycles. The molecule has 0 aromatic heterocycles. The van der Waals surface area contributed by atoms with Crippen LogP contribution in [0.4, 0.5) is 0 Å². The molecule has 386 valence electrons. The van der Waals surface area contributed by atoms with Crippen molar-refractivity contribution < 1.29 is 66.9 Å². The maximum atomic E-state index is 14.1. The largest absolute Gasteiger partial charge is 0.452 e. The summed E-state index contributed by atoms with van der Waals surface area (Å²) in [5, 5.41) is 11.9. The molecular weight excluding hydrogens is 957 g/mol. The van der Waals surface area contributed by atoms with E-state index in [1.807, 2.05) is 121 Å². The van der Waals surface area contributed by atoms with Gasteiger partial charge in [-0.15, -0.1) is 0 Å². The standard InChI is InChI=1S/C61H58O14/c62-57(46-30-16-5-17-31-46)73-52-50(71-60(65)55(75-59(64)48-34-20-7-21-35-48)54(52)74-58(63)47-32-18-6-19-33-47)41-70-61-56(69-39-45-28-14-4-15-29-45)53(68-38-44-26-12-3-13-27-44)51(67-37-43-24-10-2-11-25-43)49(72-61)40-66-36-42-22-8-1-9-23-42/h1-35,49-56,60-61,65H,36-41H2/t49?,50?,51-,52-,53?,54?,55?,56?,60+,61-/m1/s1. The van der Waals surface area contributed by atoms with Crippen LogP contribution in [0.1, 0.15) is 53.3 Å². The zero-order valence-corrected chi connectivity index (χ0v) is 41.0. The summed E-state index contributed by atoms with van der Waals surface area (Å²) >= 11 is 0. The lowest BCUT2D eigenvalue weighted by Gasteiger charge is -2.47. The van der Waals surface area contributed by atoms with Crippen LogP contribution in [0.25, 0.3) is 0 Å². The minimum absolute atomic E-state index is 0.0345. The molecule has 0 radical (unpaired) electrons. The van der Waals surface area contributed by atoms with Crippen LogP contribution in [-0.4, -0.2) is 97.6 Å². The molecule has 14 nitrogen and oxygen atoms in total. The summed E-state index contributed by atoms with van der Waals surface area (Å²) in [7, 11) is 0. The topological polar surface area (TPSA) is 164 Å². The van der Waals surface area contributed by atoms with E-state index in [4.69, 9.17) is 47.4 Å². The monoisotopic (exact) mass is 1010 g/mol. The fourth-order valence-corrected chi connectivity index (χ4v) is 8.80. The van der Waals surface area contributed by atoms with E-state index in [-0.39, 0.29) is 49.7 Å². The number of rotatable bonds is 22. The van der Waals surface area contributed by atoms with Crippen molar-refractivity contribution in [2.24, 2.45) is 0 Å². The van der Waals surface area contributed by atoms with Gasteiger partial charge in [0.15, 0.2) is 30.9 Å². The minimum atomic E-state index is -1.93. The first kappa shape index (κ1) is 52.5. The number of ether oxygens (including phenoxy) is 10. The van der Waals surface area contributed by atoms with Crippen molar-refractivity contribution in [3.8, 4) is 0 Å². The molecule has 0 saturated carbocycles. The highest BCUT2D eigenvalue weighted by Crippen LogP contribution is 2.35. The van der Waals surface area contributed by atoms with Crippen LogP contribution in [-0.2, 0) is 73.8 Å². The third-order valence-electron chi connectivity index (χ3n) is 12.6. The van der Waals surface area contributed by atoms with Gasteiger partial charge >= 0.3 is 17.9 Å². The SMILES string of the molecule is O=C(OC1C(OC(=O)c2ccccc2)[C@@H](O)OC(CO[C@@H]2OC(COCc3ccccc3)[C@@H](OCc3ccccc3)C(OCc3ccccc3)C2OCc2ccccc2)[C@H]1OC(=O)c1ccccc1)c1ccccc1. The fourth-order valence-electron chi connectivity index (χ4n) is 8.80. The Bertz CT molecular complexity index is 2810. The molecule has 2 aliphatic heterocycles.